The van der Waals surface area contributed by atoms with E-state index in [1.165, 1.54) is 18.4 Å². The van der Waals surface area contributed by atoms with Crippen molar-refractivity contribution in [2.45, 2.75) is 12.7 Å². The molecular weight excluding hydrogens is 248 g/mol. The highest BCUT2D eigenvalue weighted by atomic mass is 32.2. The summed E-state index contributed by atoms with van der Waals surface area (Å²) in [5.41, 5.74) is 0. The van der Waals surface area contributed by atoms with Gasteiger partial charge in [0.1, 0.15) is 17.8 Å². The van der Waals surface area contributed by atoms with Crippen LogP contribution in [0.15, 0.2) is 34.0 Å². The Morgan fingerprint density at radius 2 is 2.29 bits per heavy atom. The average Bonchev–Trinajstić information content (AvgIpc) is 2.69. The number of rotatable bonds is 6. The lowest BCUT2D eigenvalue weighted by Crippen LogP contribution is -2.15. The van der Waals surface area contributed by atoms with Crippen LogP contribution in [0.3, 0.4) is 0 Å². The third-order valence-corrected chi connectivity index (χ3v) is 3.42. The highest BCUT2D eigenvalue weighted by Crippen LogP contribution is 2.15. The lowest BCUT2D eigenvalue weighted by molar-refractivity contribution is -0.132. The molecule has 6 nitrogen and oxygen atoms in total. The topological polar surface area (TPSA) is 93.8 Å². The third kappa shape index (κ3) is 3.63. The molecular formula is C10H12O6S. The van der Waals surface area contributed by atoms with E-state index in [2.05, 4.69) is 0 Å². The normalized spacial score (nSPS) is 12.4. The minimum Gasteiger partial charge on any atom is -0.500 e. The van der Waals surface area contributed by atoms with Gasteiger partial charge in [-0.3, -0.25) is 0 Å². The van der Waals surface area contributed by atoms with E-state index in [9.17, 15) is 13.2 Å². The summed E-state index contributed by atoms with van der Waals surface area (Å²) in [6, 6.07) is 2.98. The van der Waals surface area contributed by atoms with Gasteiger partial charge >= 0.3 is 5.97 Å². The van der Waals surface area contributed by atoms with E-state index in [-0.39, 0.29) is 12.4 Å². The van der Waals surface area contributed by atoms with E-state index in [0.717, 1.165) is 6.26 Å². The van der Waals surface area contributed by atoms with Gasteiger partial charge < -0.3 is 14.3 Å². The molecule has 1 aromatic rings. The van der Waals surface area contributed by atoms with Crippen LogP contribution in [0.2, 0.25) is 0 Å². The van der Waals surface area contributed by atoms with Crippen LogP contribution in [0, 0.1) is 0 Å². The van der Waals surface area contributed by atoms with Crippen molar-refractivity contribution in [2.24, 2.45) is 0 Å². The number of ether oxygens (including phenoxy) is 1. The number of aliphatic carboxylic acids is 1. The molecule has 0 spiro atoms. The van der Waals surface area contributed by atoms with Crippen molar-refractivity contribution in [3.8, 4) is 0 Å². The highest BCUT2D eigenvalue weighted by Gasteiger charge is 2.26. The predicted molar refractivity (Wildman–Crippen MR) is 58.7 cm³/mol. The summed E-state index contributed by atoms with van der Waals surface area (Å²) in [6.45, 7) is 1.81. The van der Waals surface area contributed by atoms with Crippen molar-refractivity contribution in [3.63, 3.8) is 0 Å². The van der Waals surface area contributed by atoms with Gasteiger partial charge in [0.15, 0.2) is 14.7 Å². The van der Waals surface area contributed by atoms with Crippen molar-refractivity contribution in [2.75, 3.05) is 6.61 Å². The summed E-state index contributed by atoms with van der Waals surface area (Å²) in [4.78, 5) is 10.0. The SMILES string of the molecule is CCO/C=C(\C(=O)O)S(=O)(=O)Cc1ccco1. The number of furan rings is 1. The Morgan fingerprint density at radius 1 is 1.59 bits per heavy atom. The minimum atomic E-state index is -3.97. The van der Waals surface area contributed by atoms with Crippen LogP contribution in [-0.2, 0) is 25.1 Å². The minimum absolute atomic E-state index is 0.175. The van der Waals surface area contributed by atoms with Crippen LogP contribution in [0.5, 0.6) is 0 Å². The molecule has 1 rings (SSSR count). The second kappa shape index (κ2) is 5.53. The van der Waals surface area contributed by atoms with Gasteiger partial charge in [0.05, 0.1) is 12.9 Å². The van der Waals surface area contributed by atoms with E-state index in [1.54, 1.807) is 6.92 Å². The Balaban J connectivity index is 2.97. The van der Waals surface area contributed by atoms with E-state index in [0.29, 0.717) is 0 Å². The molecule has 0 unspecified atom stereocenters. The summed E-state index contributed by atoms with van der Waals surface area (Å²) in [7, 11) is -3.97. The molecule has 0 aliphatic rings. The number of sulfone groups is 1. The Kier molecular flexibility index (Phi) is 4.33. The summed E-state index contributed by atoms with van der Waals surface area (Å²) in [5.74, 6) is -1.88. The molecule has 1 N–H and O–H groups in total. The highest BCUT2D eigenvalue weighted by molar-refractivity contribution is 7.95. The zero-order valence-electron chi connectivity index (χ0n) is 9.12. The molecule has 0 aliphatic carbocycles. The molecule has 0 radical (unpaired) electrons. The zero-order valence-corrected chi connectivity index (χ0v) is 9.94. The molecule has 0 saturated heterocycles. The molecule has 0 amide bonds. The van der Waals surface area contributed by atoms with Crippen LogP contribution >= 0.6 is 0 Å². The van der Waals surface area contributed by atoms with Crippen LogP contribution in [0.25, 0.3) is 0 Å². The Hall–Kier alpha value is -1.76. The molecule has 1 heterocycles. The molecule has 17 heavy (non-hydrogen) atoms. The van der Waals surface area contributed by atoms with E-state index < -0.39 is 26.5 Å². The summed E-state index contributed by atoms with van der Waals surface area (Å²) < 4.78 is 33.1. The van der Waals surface area contributed by atoms with E-state index in [4.69, 9.17) is 14.3 Å². The van der Waals surface area contributed by atoms with Gasteiger partial charge in [0, 0.05) is 0 Å². The van der Waals surface area contributed by atoms with Gasteiger partial charge in [-0.15, -0.1) is 0 Å². The molecule has 0 aromatic carbocycles. The largest absolute Gasteiger partial charge is 0.500 e. The lowest BCUT2D eigenvalue weighted by Gasteiger charge is -2.03. The average molecular weight is 260 g/mol. The molecule has 0 bridgehead atoms. The van der Waals surface area contributed by atoms with Gasteiger partial charge in [-0.05, 0) is 19.1 Å². The Bertz CT molecular complexity index is 497. The van der Waals surface area contributed by atoms with Crippen LogP contribution in [-0.4, -0.2) is 26.1 Å². The summed E-state index contributed by atoms with van der Waals surface area (Å²) >= 11 is 0. The monoisotopic (exact) mass is 260 g/mol. The lowest BCUT2D eigenvalue weighted by atomic mass is 10.5. The van der Waals surface area contributed by atoms with E-state index >= 15 is 0 Å². The van der Waals surface area contributed by atoms with Crippen molar-refractivity contribution < 1.29 is 27.5 Å². The van der Waals surface area contributed by atoms with Crippen molar-refractivity contribution in [3.05, 3.63) is 35.3 Å². The third-order valence-electron chi connectivity index (χ3n) is 1.82. The number of hydrogen-bond acceptors (Lipinski definition) is 5. The fraction of sp³-hybridized carbons (Fsp3) is 0.300. The predicted octanol–water partition coefficient (Wildman–Crippen LogP) is 1.16. The molecule has 0 fully saturated rings. The Morgan fingerprint density at radius 3 is 2.76 bits per heavy atom. The first-order valence-electron chi connectivity index (χ1n) is 4.77. The molecule has 7 heteroatoms. The first kappa shape index (κ1) is 13.3. The van der Waals surface area contributed by atoms with Gasteiger partial charge in [-0.25, -0.2) is 13.2 Å². The second-order valence-corrected chi connectivity index (χ2v) is 5.04. The number of carbonyl (C=O) groups is 1. The first-order chi connectivity index (χ1) is 7.97. The van der Waals surface area contributed by atoms with Crippen LogP contribution < -0.4 is 0 Å². The van der Waals surface area contributed by atoms with Gasteiger partial charge in [-0.1, -0.05) is 0 Å². The molecule has 1 aromatic heterocycles. The number of carboxylic acids is 1. The maximum Gasteiger partial charge on any atom is 0.350 e. The van der Waals surface area contributed by atoms with Crippen molar-refractivity contribution >= 4 is 15.8 Å². The van der Waals surface area contributed by atoms with Crippen LogP contribution in [0.1, 0.15) is 12.7 Å². The smallest absolute Gasteiger partial charge is 0.350 e. The number of hydrogen-bond donors (Lipinski definition) is 1. The maximum atomic E-state index is 11.8. The van der Waals surface area contributed by atoms with Crippen molar-refractivity contribution in [1.29, 1.82) is 0 Å². The molecule has 94 valence electrons. The van der Waals surface area contributed by atoms with Crippen LogP contribution in [0.4, 0.5) is 0 Å². The molecule has 0 aliphatic heterocycles. The van der Waals surface area contributed by atoms with Gasteiger partial charge in [0.25, 0.3) is 0 Å². The summed E-state index contributed by atoms with van der Waals surface area (Å²) in [6.07, 6.45) is 2.05. The fourth-order valence-corrected chi connectivity index (χ4v) is 2.25. The molecule has 0 saturated carbocycles. The standard InChI is InChI=1S/C10H12O6S/c1-2-15-6-9(10(11)12)17(13,14)7-8-4-3-5-16-8/h3-6H,2,7H2,1H3,(H,11,12)/b9-6+. The maximum absolute atomic E-state index is 11.8. The first-order valence-corrected chi connectivity index (χ1v) is 6.43. The second-order valence-electron chi connectivity index (χ2n) is 3.08. The molecule has 0 atom stereocenters. The zero-order chi connectivity index (χ0) is 12.9. The van der Waals surface area contributed by atoms with Gasteiger partial charge in [-0.2, -0.15) is 0 Å². The summed E-state index contributed by atoms with van der Waals surface area (Å²) in [5, 5.41) is 8.81. The Labute approximate surface area is 98.4 Å². The quantitative estimate of drug-likeness (QED) is 0.609. The number of carboxylic acid groups (broad SMARTS) is 1. The van der Waals surface area contributed by atoms with Gasteiger partial charge in [0.2, 0.25) is 0 Å². The van der Waals surface area contributed by atoms with Crippen molar-refractivity contribution in [1.82, 2.24) is 0 Å². The van der Waals surface area contributed by atoms with E-state index in [1.807, 2.05) is 0 Å². The fourth-order valence-electron chi connectivity index (χ4n) is 1.08.